The van der Waals surface area contributed by atoms with E-state index in [9.17, 15) is 14.0 Å². The van der Waals surface area contributed by atoms with Crippen LogP contribution < -0.4 is 10.1 Å². The van der Waals surface area contributed by atoms with E-state index < -0.39 is 17.9 Å². The zero-order chi connectivity index (χ0) is 28.8. The van der Waals surface area contributed by atoms with Crippen LogP contribution in [0.2, 0.25) is 5.02 Å². The van der Waals surface area contributed by atoms with E-state index in [0.717, 1.165) is 16.0 Å². The van der Waals surface area contributed by atoms with Gasteiger partial charge in [0, 0.05) is 17.0 Å². The van der Waals surface area contributed by atoms with Crippen molar-refractivity contribution >= 4 is 51.6 Å². The number of aromatic nitrogens is 3. The van der Waals surface area contributed by atoms with Gasteiger partial charge in [-0.2, -0.15) is 0 Å². The molecule has 0 aliphatic rings. The number of aryl methyl sites for hydroxylation is 1. The van der Waals surface area contributed by atoms with E-state index in [2.05, 4.69) is 22.1 Å². The molecule has 2 aromatic carbocycles. The summed E-state index contributed by atoms with van der Waals surface area (Å²) >= 11 is 8.59. The van der Waals surface area contributed by atoms with Crippen LogP contribution in [0.5, 0.6) is 5.75 Å². The second kappa shape index (κ2) is 13.1. The number of methoxy groups -OCH3 is 1. The standard InChI is InChI=1S/C28H26ClFN4O4S2/c1-5-13-34-25(16(2)38-21-12-11-19(30)14-20(21)29)32-33-28(34)39-15-22(35)31-26-24(27(36)37-4)23(17(3)40-26)18-9-7-6-8-10-18/h5-12,14,16H,1,13,15H2,2-4H3,(H,31,35). The summed E-state index contributed by atoms with van der Waals surface area (Å²) in [6.45, 7) is 7.82. The summed E-state index contributed by atoms with van der Waals surface area (Å²) in [5, 5.41) is 12.4. The Balaban J connectivity index is 1.50. The number of rotatable bonds is 11. The summed E-state index contributed by atoms with van der Waals surface area (Å²) in [7, 11) is 1.31. The predicted octanol–water partition coefficient (Wildman–Crippen LogP) is 6.95. The van der Waals surface area contributed by atoms with Crippen molar-refractivity contribution in [2.24, 2.45) is 0 Å². The van der Waals surface area contributed by atoms with Crippen molar-refractivity contribution in [1.82, 2.24) is 14.8 Å². The molecule has 0 spiro atoms. The maximum Gasteiger partial charge on any atom is 0.341 e. The second-order valence-electron chi connectivity index (χ2n) is 8.51. The number of hydrogen-bond acceptors (Lipinski definition) is 8. The number of carbonyl (C=O) groups excluding carboxylic acids is 2. The SMILES string of the molecule is C=CCn1c(SCC(=O)Nc2sc(C)c(-c3ccccc3)c2C(=O)OC)nnc1C(C)Oc1ccc(F)cc1Cl. The molecule has 4 aromatic rings. The lowest BCUT2D eigenvalue weighted by Crippen LogP contribution is -2.17. The van der Waals surface area contributed by atoms with E-state index in [4.69, 9.17) is 21.1 Å². The molecular formula is C28H26ClFN4O4S2. The van der Waals surface area contributed by atoms with E-state index in [1.54, 1.807) is 17.6 Å². The molecule has 0 fully saturated rings. The molecule has 0 radical (unpaired) electrons. The molecule has 1 unspecified atom stereocenters. The highest BCUT2D eigenvalue weighted by Crippen LogP contribution is 2.40. The minimum Gasteiger partial charge on any atom is -0.481 e. The molecule has 12 heteroatoms. The Morgan fingerprint density at radius 3 is 2.67 bits per heavy atom. The number of allylic oxidation sites excluding steroid dienone is 1. The minimum atomic E-state index is -0.577. The van der Waals surface area contributed by atoms with Crippen molar-refractivity contribution < 1.29 is 23.5 Å². The highest BCUT2D eigenvalue weighted by atomic mass is 35.5. The zero-order valence-corrected chi connectivity index (χ0v) is 24.3. The molecule has 4 rings (SSSR count). The van der Waals surface area contributed by atoms with Crippen molar-refractivity contribution in [2.45, 2.75) is 31.7 Å². The molecule has 0 bridgehead atoms. The Kier molecular flexibility index (Phi) is 9.62. The first-order chi connectivity index (χ1) is 19.2. The van der Waals surface area contributed by atoms with Crippen LogP contribution in [0.1, 0.15) is 34.1 Å². The van der Waals surface area contributed by atoms with Gasteiger partial charge in [-0.1, -0.05) is 59.8 Å². The molecule has 8 nitrogen and oxygen atoms in total. The number of thioether (sulfide) groups is 1. The van der Waals surface area contributed by atoms with Crippen molar-refractivity contribution in [2.75, 3.05) is 18.2 Å². The van der Waals surface area contributed by atoms with Crippen molar-refractivity contribution in [3.05, 3.63) is 88.3 Å². The Morgan fingerprint density at radius 2 is 2.00 bits per heavy atom. The average Bonchev–Trinajstić information content (AvgIpc) is 3.49. The van der Waals surface area contributed by atoms with Gasteiger partial charge in [0.05, 0.1) is 17.9 Å². The first kappa shape index (κ1) is 29.3. The summed E-state index contributed by atoms with van der Waals surface area (Å²) < 4.78 is 26.1. The Hall–Kier alpha value is -3.67. The minimum absolute atomic E-state index is 0.00648. The molecule has 2 aromatic heterocycles. The van der Waals surface area contributed by atoms with E-state index in [0.29, 0.717) is 33.8 Å². The lowest BCUT2D eigenvalue weighted by Gasteiger charge is -2.16. The lowest BCUT2D eigenvalue weighted by molar-refractivity contribution is -0.113. The fourth-order valence-corrected chi connectivity index (χ4v) is 6.04. The molecule has 0 aliphatic carbocycles. The quantitative estimate of drug-likeness (QED) is 0.113. The highest BCUT2D eigenvalue weighted by molar-refractivity contribution is 7.99. The third kappa shape index (κ3) is 6.55. The van der Waals surface area contributed by atoms with Gasteiger partial charge in [-0.15, -0.1) is 28.1 Å². The second-order valence-corrected chi connectivity index (χ2v) is 11.1. The highest BCUT2D eigenvalue weighted by Gasteiger charge is 2.26. The van der Waals surface area contributed by atoms with Crippen LogP contribution in [0.3, 0.4) is 0 Å². The van der Waals surface area contributed by atoms with E-state index in [1.807, 2.05) is 37.3 Å². The van der Waals surface area contributed by atoms with Crippen LogP contribution in [0.4, 0.5) is 9.39 Å². The fourth-order valence-electron chi connectivity index (χ4n) is 4.00. The van der Waals surface area contributed by atoms with Crippen LogP contribution in [0.15, 0.2) is 66.3 Å². The van der Waals surface area contributed by atoms with Gasteiger partial charge in [0.2, 0.25) is 5.91 Å². The maximum absolute atomic E-state index is 13.4. The van der Waals surface area contributed by atoms with Gasteiger partial charge in [0.1, 0.15) is 22.1 Å². The zero-order valence-electron chi connectivity index (χ0n) is 21.9. The van der Waals surface area contributed by atoms with Crippen molar-refractivity contribution in [3.63, 3.8) is 0 Å². The number of carbonyl (C=O) groups is 2. The molecule has 1 atom stereocenters. The summed E-state index contributed by atoms with van der Waals surface area (Å²) in [4.78, 5) is 26.6. The summed E-state index contributed by atoms with van der Waals surface area (Å²) in [6, 6.07) is 13.3. The van der Waals surface area contributed by atoms with E-state index in [1.165, 1.54) is 48.4 Å². The molecule has 1 amide bonds. The molecule has 2 heterocycles. The number of esters is 1. The van der Waals surface area contributed by atoms with E-state index in [-0.39, 0.29) is 16.7 Å². The predicted molar refractivity (Wildman–Crippen MR) is 156 cm³/mol. The van der Waals surface area contributed by atoms with Crippen LogP contribution >= 0.6 is 34.7 Å². The maximum atomic E-state index is 13.4. The first-order valence-corrected chi connectivity index (χ1v) is 14.3. The van der Waals surface area contributed by atoms with Crippen molar-refractivity contribution in [3.8, 4) is 16.9 Å². The topological polar surface area (TPSA) is 95.3 Å². The third-order valence-electron chi connectivity index (χ3n) is 5.74. The van der Waals surface area contributed by atoms with Gasteiger partial charge >= 0.3 is 5.97 Å². The Morgan fingerprint density at radius 1 is 1.25 bits per heavy atom. The number of benzene rings is 2. The Labute approximate surface area is 244 Å². The normalized spacial score (nSPS) is 11.6. The fraction of sp³-hybridized carbons (Fsp3) is 0.214. The number of halogens is 2. The van der Waals surface area contributed by atoms with Gasteiger partial charge in [-0.3, -0.25) is 9.36 Å². The van der Waals surface area contributed by atoms with Crippen LogP contribution in [0.25, 0.3) is 11.1 Å². The number of thiophene rings is 1. The molecule has 0 saturated carbocycles. The largest absolute Gasteiger partial charge is 0.481 e. The number of nitrogens with one attached hydrogen (secondary N) is 1. The smallest absolute Gasteiger partial charge is 0.341 e. The first-order valence-electron chi connectivity index (χ1n) is 12.1. The van der Waals surface area contributed by atoms with Gasteiger partial charge in [0.25, 0.3) is 0 Å². The van der Waals surface area contributed by atoms with Gasteiger partial charge in [-0.05, 0) is 37.6 Å². The van der Waals surface area contributed by atoms with Crippen molar-refractivity contribution in [1.29, 1.82) is 0 Å². The van der Waals surface area contributed by atoms with Gasteiger partial charge in [-0.25, -0.2) is 9.18 Å². The van der Waals surface area contributed by atoms with Crippen LogP contribution in [0, 0.1) is 12.7 Å². The molecular weight excluding hydrogens is 575 g/mol. The molecule has 1 N–H and O–H groups in total. The van der Waals surface area contributed by atoms with Gasteiger partial charge in [0.15, 0.2) is 17.1 Å². The Bertz CT molecular complexity index is 1540. The van der Waals surface area contributed by atoms with Gasteiger partial charge < -0.3 is 14.8 Å². The molecule has 208 valence electrons. The van der Waals surface area contributed by atoms with E-state index >= 15 is 0 Å². The number of anilines is 1. The number of amides is 1. The average molecular weight is 601 g/mol. The third-order valence-corrected chi connectivity index (χ3v) is 8.02. The van der Waals surface area contributed by atoms with Crippen LogP contribution in [-0.4, -0.2) is 39.5 Å². The van der Waals surface area contributed by atoms with Crippen LogP contribution in [-0.2, 0) is 16.1 Å². The monoisotopic (exact) mass is 600 g/mol. The lowest BCUT2D eigenvalue weighted by atomic mass is 10.0. The molecule has 40 heavy (non-hydrogen) atoms. The molecule has 0 saturated heterocycles. The summed E-state index contributed by atoms with van der Waals surface area (Å²) in [5.41, 5.74) is 1.90. The summed E-state index contributed by atoms with van der Waals surface area (Å²) in [6.07, 6.45) is 1.10. The number of ether oxygens (including phenoxy) is 2. The number of nitrogens with zero attached hydrogens (tertiary/aromatic N) is 3. The molecule has 0 aliphatic heterocycles. The summed E-state index contributed by atoms with van der Waals surface area (Å²) in [5.74, 6) is -0.529. The number of hydrogen-bond donors (Lipinski definition) is 1.